The molecular weight excluding hydrogens is 240 g/mol. The summed E-state index contributed by atoms with van der Waals surface area (Å²) in [5, 5.41) is 6.57. The average Bonchev–Trinajstić information content (AvgIpc) is 2.60. The van der Waals surface area contributed by atoms with Crippen molar-refractivity contribution >= 4 is 23.7 Å². The van der Waals surface area contributed by atoms with Crippen LogP contribution in [0, 0.1) is 5.41 Å². The number of nitrogens with zero attached hydrogens (tertiary/aromatic N) is 2. The summed E-state index contributed by atoms with van der Waals surface area (Å²) >= 11 is 1.26. The van der Waals surface area contributed by atoms with Crippen LogP contribution in [0.4, 0.5) is 5.95 Å². The van der Waals surface area contributed by atoms with Crippen molar-refractivity contribution in [3.63, 3.8) is 0 Å². The molecule has 0 spiro atoms. The Labute approximate surface area is 105 Å². The van der Waals surface area contributed by atoms with Gasteiger partial charge in [-0.3, -0.25) is 4.79 Å². The fraction of sp³-hybridized carbons (Fsp3) is 0.700. The SMILES string of the molecule is COC(=O)[C@@H](CC(C)(C)C)Sc1n[nH]c(N)n1. The van der Waals surface area contributed by atoms with E-state index in [4.69, 9.17) is 10.5 Å². The lowest BCUT2D eigenvalue weighted by molar-refractivity contribution is -0.140. The van der Waals surface area contributed by atoms with E-state index in [1.165, 1.54) is 18.9 Å². The molecule has 0 aliphatic carbocycles. The number of nitrogens with two attached hydrogens (primary N) is 1. The van der Waals surface area contributed by atoms with E-state index < -0.39 is 0 Å². The number of rotatable bonds is 4. The van der Waals surface area contributed by atoms with Crippen molar-refractivity contribution in [1.29, 1.82) is 0 Å². The van der Waals surface area contributed by atoms with Crippen molar-refractivity contribution in [2.75, 3.05) is 12.8 Å². The molecule has 3 N–H and O–H groups in total. The Morgan fingerprint density at radius 2 is 2.24 bits per heavy atom. The maximum absolute atomic E-state index is 11.7. The van der Waals surface area contributed by atoms with Gasteiger partial charge in [0.25, 0.3) is 0 Å². The van der Waals surface area contributed by atoms with Crippen molar-refractivity contribution in [3.05, 3.63) is 0 Å². The highest BCUT2D eigenvalue weighted by molar-refractivity contribution is 8.00. The van der Waals surface area contributed by atoms with Crippen LogP contribution < -0.4 is 5.73 Å². The van der Waals surface area contributed by atoms with Crippen LogP contribution in [0.2, 0.25) is 0 Å². The first-order valence-electron chi connectivity index (χ1n) is 5.24. The molecular formula is C10H18N4O2S. The van der Waals surface area contributed by atoms with Crippen LogP contribution in [0.15, 0.2) is 5.16 Å². The third-order valence-corrected chi connectivity index (χ3v) is 3.03. The number of aromatic amines is 1. The van der Waals surface area contributed by atoms with E-state index in [0.717, 1.165) is 0 Å². The fourth-order valence-corrected chi connectivity index (χ4v) is 2.58. The molecule has 1 aromatic heterocycles. The number of ether oxygens (including phenoxy) is 1. The molecule has 0 radical (unpaired) electrons. The number of nitrogen functional groups attached to an aromatic ring is 1. The first-order chi connectivity index (χ1) is 7.81. The molecule has 0 aromatic carbocycles. The third-order valence-electron chi connectivity index (χ3n) is 1.99. The van der Waals surface area contributed by atoms with Crippen molar-refractivity contribution in [1.82, 2.24) is 15.2 Å². The summed E-state index contributed by atoms with van der Waals surface area (Å²) < 4.78 is 4.78. The zero-order chi connectivity index (χ0) is 13.1. The van der Waals surface area contributed by atoms with Gasteiger partial charge in [0.1, 0.15) is 5.25 Å². The van der Waals surface area contributed by atoms with Gasteiger partial charge in [-0.15, -0.1) is 5.10 Å². The zero-order valence-corrected chi connectivity index (χ0v) is 11.3. The molecule has 0 fully saturated rings. The summed E-state index contributed by atoms with van der Waals surface area (Å²) in [6.07, 6.45) is 0.679. The van der Waals surface area contributed by atoms with Gasteiger partial charge < -0.3 is 10.5 Å². The van der Waals surface area contributed by atoms with Crippen molar-refractivity contribution < 1.29 is 9.53 Å². The molecule has 0 saturated carbocycles. The maximum Gasteiger partial charge on any atom is 0.319 e. The highest BCUT2D eigenvalue weighted by Gasteiger charge is 2.28. The lowest BCUT2D eigenvalue weighted by Crippen LogP contribution is -2.24. The van der Waals surface area contributed by atoms with Gasteiger partial charge in [-0.05, 0) is 11.8 Å². The largest absolute Gasteiger partial charge is 0.468 e. The summed E-state index contributed by atoms with van der Waals surface area (Å²) in [4.78, 5) is 15.6. The molecule has 0 bridgehead atoms. The van der Waals surface area contributed by atoms with Crippen molar-refractivity contribution in [2.45, 2.75) is 37.6 Å². The number of H-pyrrole nitrogens is 1. The van der Waals surface area contributed by atoms with E-state index in [1.54, 1.807) is 0 Å². The van der Waals surface area contributed by atoms with Crippen LogP contribution in [0.5, 0.6) is 0 Å². The van der Waals surface area contributed by atoms with Gasteiger partial charge >= 0.3 is 5.97 Å². The summed E-state index contributed by atoms with van der Waals surface area (Å²) in [6, 6.07) is 0. The maximum atomic E-state index is 11.7. The Morgan fingerprint density at radius 1 is 1.59 bits per heavy atom. The van der Waals surface area contributed by atoms with Crippen LogP contribution in [0.1, 0.15) is 27.2 Å². The van der Waals surface area contributed by atoms with E-state index in [0.29, 0.717) is 11.6 Å². The monoisotopic (exact) mass is 258 g/mol. The number of aromatic nitrogens is 3. The van der Waals surface area contributed by atoms with Gasteiger partial charge in [0, 0.05) is 0 Å². The highest BCUT2D eigenvalue weighted by atomic mass is 32.2. The Morgan fingerprint density at radius 3 is 2.65 bits per heavy atom. The van der Waals surface area contributed by atoms with Crippen LogP contribution in [0.25, 0.3) is 0 Å². The summed E-state index contributed by atoms with van der Waals surface area (Å²) in [7, 11) is 1.38. The second-order valence-corrected chi connectivity index (χ2v) is 6.07. The Balaban J connectivity index is 2.73. The second-order valence-electron chi connectivity index (χ2n) is 4.90. The zero-order valence-electron chi connectivity index (χ0n) is 10.5. The highest BCUT2D eigenvalue weighted by Crippen LogP contribution is 2.31. The number of nitrogens with one attached hydrogen (secondary N) is 1. The van der Waals surface area contributed by atoms with E-state index in [9.17, 15) is 4.79 Å². The van der Waals surface area contributed by atoms with Gasteiger partial charge in [0.15, 0.2) is 0 Å². The number of hydrogen-bond acceptors (Lipinski definition) is 6. The van der Waals surface area contributed by atoms with E-state index in [2.05, 4.69) is 36.0 Å². The fourth-order valence-electron chi connectivity index (χ4n) is 1.30. The third kappa shape index (κ3) is 4.64. The van der Waals surface area contributed by atoms with E-state index in [1.807, 2.05) is 0 Å². The topological polar surface area (TPSA) is 93.9 Å². The molecule has 7 heteroatoms. The predicted octanol–water partition coefficient (Wildman–Crippen LogP) is 1.46. The lowest BCUT2D eigenvalue weighted by Gasteiger charge is -2.22. The summed E-state index contributed by atoms with van der Waals surface area (Å²) in [5.41, 5.74) is 5.45. The molecule has 0 unspecified atom stereocenters. The van der Waals surface area contributed by atoms with Gasteiger partial charge in [0.05, 0.1) is 7.11 Å². The Kier molecular flexibility index (Phi) is 4.39. The minimum absolute atomic E-state index is 0.0215. The Hall–Kier alpha value is -1.24. The number of methoxy groups -OCH3 is 1. The average molecular weight is 258 g/mol. The minimum Gasteiger partial charge on any atom is -0.468 e. The van der Waals surface area contributed by atoms with E-state index >= 15 is 0 Å². The lowest BCUT2D eigenvalue weighted by atomic mass is 9.90. The first kappa shape index (κ1) is 13.8. The quantitative estimate of drug-likeness (QED) is 0.627. The van der Waals surface area contributed by atoms with Crippen molar-refractivity contribution in [2.24, 2.45) is 5.41 Å². The number of carbonyl (C=O) groups is 1. The smallest absolute Gasteiger partial charge is 0.319 e. The molecule has 1 heterocycles. The molecule has 6 nitrogen and oxygen atoms in total. The number of anilines is 1. The van der Waals surface area contributed by atoms with Crippen LogP contribution >= 0.6 is 11.8 Å². The molecule has 0 amide bonds. The van der Waals surface area contributed by atoms with Crippen LogP contribution in [0.3, 0.4) is 0 Å². The number of esters is 1. The minimum atomic E-state index is -0.324. The summed E-state index contributed by atoms with van der Waals surface area (Å²) in [6.45, 7) is 6.20. The van der Waals surface area contributed by atoms with E-state index in [-0.39, 0.29) is 22.6 Å². The summed E-state index contributed by atoms with van der Waals surface area (Å²) in [5.74, 6) is -0.0276. The van der Waals surface area contributed by atoms with Crippen molar-refractivity contribution in [3.8, 4) is 0 Å². The molecule has 1 atom stereocenters. The van der Waals surface area contributed by atoms with Gasteiger partial charge in [-0.25, -0.2) is 5.10 Å². The van der Waals surface area contributed by atoms with Gasteiger partial charge in [-0.1, -0.05) is 32.5 Å². The number of thioether (sulfide) groups is 1. The second kappa shape index (κ2) is 5.39. The molecule has 17 heavy (non-hydrogen) atoms. The Bertz CT molecular complexity index is 386. The predicted molar refractivity (Wildman–Crippen MR) is 66.5 cm³/mol. The van der Waals surface area contributed by atoms with Crippen LogP contribution in [-0.2, 0) is 9.53 Å². The molecule has 1 aromatic rings. The first-order valence-corrected chi connectivity index (χ1v) is 6.12. The number of hydrogen-bond donors (Lipinski definition) is 2. The molecule has 0 saturated heterocycles. The molecule has 96 valence electrons. The van der Waals surface area contributed by atoms with Gasteiger partial charge in [-0.2, -0.15) is 4.98 Å². The number of carbonyl (C=O) groups excluding carboxylic acids is 1. The molecule has 0 aliphatic heterocycles. The van der Waals surface area contributed by atoms with Crippen LogP contribution in [-0.4, -0.2) is 33.5 Å². The standard InChI is InChI=1S/C10H18N4O2S/c1-10(2,3)5-6(7(15)16-4)17-9-12-8(11)13-14-9/h6H,5H2,1-4H3,(H3,11,12,13,14)/t6-/m1/s1. The molecule has 0 aliphatic rings. The normalized spacial score (nSPS) is 13.4. The molecule has 1 rings (SSSR count). The van der Waals surface area contributed by atoms with Gasteiger partial charge in [0.2, 0.25) is 11.1 Å².